The Bertz CT molecular complexity index is 788. The molecular formula is C13H15N5O2S3. The number of rotatable bonds is 4. The summed E-state index contributed by atoms with van der Waals surface area (Å²) >= 11 is 4.38. The Hall–Kier alpha value is -1.39. The van der Waals surface area contributed by atoms with Crippen LogP contribution in [0.2, 0.25) is 0 Å². The average molecular weight is 369 g/mol. The highest BCUT2D eigenvalue weighted by Crippen LogP contribution is 2.28. The molecule has 2 aromatic rings. The zero-order chi connectivity index (χ0) is 16.4. The molecule has 0 aromatic carbocycles. The van der Waals surface area contributed by atoms with E-state index >= 15 is 0 Å². The molecule has 1 unspecified atom stereocenters. The lowest BCUT2D eigenvalue weighted by molar-refractivity contribution is -0.119. The third-order valence-corrected chi connectivity index (χ3v) is 6.28. The summed E-state index contributed by atoms with van der Waals surface area (Å²) in [6.45, 7) is 4.11. The summed E-state index contributed by atoms with van der Waals surface area (Å²) < 4.78 is 2.41. The molecule has 0 fully saturated rings. The summed E-state index contributed by atoms with van der Waals surface area (Å²) in [7, 11) is 0. The number of fused-ring (bicyclic) bond motifs is 1. The Labute approximate surface area is 145 Å². The first-order chi connectivity index (χ1) is 11.1. The van der Waals surface area contributed by atoms with Crippen LogP contribution < -0.4 is 10.9 Å². The first kappa shape index (κ1) is 16.5. The van der Waals surface area contributed by atoms with Gasteiger partial charge in [0, 0.05) is 24.1 Å². The Morgan fingerprint density at radius 2 is 2.35 bits per heavy atom. The highest BCUT2D eigenvalue weighted by molar-refractivity contribution is 8.01. The van der Waals surface area contributed by atoms with E-state index in [0.717, 1.165) is 10.1 Å². The van der Waals surface area contributed by atoms with Crippen LogP contribution in [-0.2, 0) is 11.3 Å². The molecule has 1 N–H and O–H groups in total. The highest BCUT2D eigenvalue weighted by Gasteiger charge is 2.27. The van der Waals surface area contributed by atoms with Gasteiger partial charge in [0.1, 0.15) is 0 Å². The van der Waals surface area contributed by atoms with E-state index in [0.29, 0.717) is 28.1 Å². The van der Waals surface area contributed by atoms with Gasteiger partial charge in [0.15, 0.2) is 9.50 Å². The topological polar surface area (TPSA) is 89.8 Å². The number of carbonyl (C=O) groups excluding carboxylic acids is 1. The summed E-state index contributed by atoms with van der Waals surface area (Å²) in [5.41, 5.74) is 0.498. The molecule has 0 bridgehead atoms. The molecule has 0 spiro atoms. The zero-order valence-corrected chi connectivity index (χ0v) is 15.1. The summed E-state index contributed by atoms with van der Waals surface area (Å²) in [5, 5.41) is 12.0. The smallest absolute Gasteiger partial charge is 0.257 e. The van der Waals surface area contributed by atoms with E-state index in [-0.39, 0.29) is 17.4 Å². The van der Waals surface area contributed by atoms with Crippen molar-refractivity contribution < 1.29 is 4.79 Å². The van der Waals surface area contributed by atoms with Crippen molar-refractivity contribution in [3.05, 3.63) is 22.1 Å². The van der Waals surface area contributed by atoms with Crippen LogP contribution in [0.15, 0.2) is 20.5 Å². The predicted molar refractivity (Wildman–Crippen MR) is 92.4 cm³/mol. The van der Waals surface area contributed by atoms with Crippen LogP contribution >= 0.6 is 34.9 Å². The van der Waals surface area contributed by atoms with Crippen molar-refractivity contribution in [2.24, 2.45) is 5.92 Å². The molecule has 1 amide bonds. The van der Waals surface area contributed by atoms with Gasteiger partial charge in [-0.2, -0.15) is 0 Å². The summed E-state index contributed by atoms with van der Waals surface area (Å²) in [5.74, 6) is 1.07. The van der Waals surface area contributed by atoms with Crippen molar-refractivity contribution in [1.29, 1.82) is 0 Å². The van der Waals surface area contributed by atoms with E-state index < -0.39 is 0 Å². The van der Waals surface area contributed by atoms with Crippen molar-refractivity contribution in [2.45, 2.75) is 29.9 Å². The Morgan fingerprint density at radius 1 is 1.52 bits per heavy atom. The quantitative estimate of drug-likeness (QED) is 0.500. The standard InChI is InChI=1S/C13H15N5O2S3/c1-3-21-13-17-16-11(23-13)15-9(19)8-5-18-10(20)7(2)4-14-12(18)22-6-8/h4,8H,3,5-6H2,1-2H3,(H,15,16,19). The van der Waals surface area contributed by atoms with Crippen molar-refractivity contribution >= 4 is 45.9 Å². The SMILES string of the molecule is CCSc1nnc(NC(=O)C2CSc3ncc(C)c(=O)n3C2)s1. The van der Waals surface area contributed by atoms with Gasteiger partial charge in [0.2, 0.25) is 11.0 Å². The molecule has 1 atom stereocenters. The van der Waals surface area contributed by atoms with Gasteiger partial charge in [-0.1, -0.05) is 41.8 Å². The minimum Gasteiger partial charge on any atom is -0.300 e. The molecule has 2 aromatic heterocycles. The number of nitrogens with zero attached hydrogens (tertiary/aromatic N) is 4. The Kier molecular flexibility index (Phi) is 5.02. The van der Waals surface area contributed by atoms with Crippen LogP contribution in [0.4, 0.5) is 5.13 Å². The lowest BCUT2D eigenvalue weighted by atomic mass is 10.1. The molecule has 0 saturated heterocycles. The fourth-order valence-corrected chi connectivity index (χ4v) is 4.81. The highest BCUT2D eigenvalue weighted by atomic mass is 32.2. The fraction of sp³-hybridized carbons (Fsp3) is 0.462. The van der Waals surface area contributed by atoms with E-state index in [1.807, 2.05) is 6.92 Å². The largest absolute Gasteiger partial charge is 0.300 e. The second-order valence-electron chi connectivity index (χ2n) is 4.94. The number of thioether (sulfide) groups is 2. The molecule has 1 aliphatic heterocycles. The maximum absolute atomic E-state index is 12.4. The first-order valence-electron chi connectivity index (χ1n) is 7.05. The van der Waals surface area contributed by atoms with Gasteiger partial charge in [-0.25, -0.2) is 4.98 Å². The number of aromatic nitrogens is 4. The van der Waals surface area contributed by atoms with E-state index in [9.17, 15) is 9.59 Å². The molecule has 3 rings (SSSR count). The maximum Gasteiger partial charge on any atom is 0.257 e. The lowest BCUT2D eigenvalue weighted by Gasteiger charge is -2.23. The molecule has 0 aliphatic carbocycles. The number of amides is 1. The molecule has 3 heterocycles. The molecule has 7 nitrogen and oxygen atoms in total. The van der Waals surface area contributed by atoms with Gasteiger partial charge in [0.25, 0.3) is 5.56 Å². The summed E-state index contributed by atoms with van der Waals surface area (Å²) in [4.78, 5) is 28.8. The van der Waals surface area contributed by atoms with Crippen molar-refractivity contribution in [1.82, 2.24) is 19.7 Å². The molecule has 122 valence electrons. The molecule has 23 heavy (non-hydrogen) atoms. The van der Waals surface area contributed by atoms with E-state index in [1.165, 1.54) is 23.1 Å². The Morgan fingerprint density at radius 3 is 3.13 bits per heavy atom. The summed E-state index contributed by atoms with van der Waals surface area (Å²) in [6, 6.07) is 0. The molecular weight excluding hydrogens is 354 g/mol. The van der Waals surface area contributed by atoms with Crippen LogP contribution in [0, 0.1) is 12.8 Å². The lowest BCUT2D eigenvalue weighted by Crippen LogP contribution is -2.37. The van der Waals surface area contributed by atoms with Crippen LogP contribution in [0.25, 0.3) is 0 Å². The van der Waals surface area contributed by atoms with Gasteiger partial charge in [0.05, 0.1) is 5.92 Å². The molecule has 0 saturated carbocycles. The Balaban J connectivity index is 1.71. The third-order valence-electron chi connectivity index (χ3n) is 3.27. The minimum atomic E-state index is -0.292. The minimum absolute atomic E-state index is 0.0856. The van der Waals surface area contributed by atoms with Gasteiger partial charge in [-0.3, -0.25) is 14.2 Å². The van der Waals surface area contributed by atoms with E-state index in [2.05, 4.69) is 20.5 Å². The monoisotopic (exact) mass is 369 g/mol. The van der Waals surface area contributed by atoms with Gasteiger partial charge >= 0.3 is 0 Å². The number of anilines is 1. The second-order valence-corrected chi connectivity index (χ2v) is 8.42. The number of nitrogens with one attached hydrogen (secondary N) is 1. The number of carbonyl (C=O) groups is 1. The van der Waals surface area contributed by atoms with Crippen molar-refractivity contribution in [3.63, 3.8) is 0 Å². The molecule has 10 heteroatoms. The third kappa shape index (κ3) is 3.59. The van der Waals surface area contributed by atoms with Gasteiger partial charge < -0.3 is 5.32 Å². The van der Waals surface area contributed by atoms with E-state index in [4.69, 9.17) is 0 Å². The van der Waals surface area contributed by atoms with E-state index in [1.54, 1.807) is 29.4 Å². The fourth-order valence-electron chi connectivity index (χ4n) is 2.11. The maximum atomic E-state index is 12.4. The van der Waals surface area contributed by atoms with Gasteiger partial charge in [-0.05, 0) is 12.7 Å². The first-order valence-corrected chi connectivity index (χ1v) is 9.83. The second kappa shape index (κ2) is 7.02. The van der Waals surface area contributed by atoms with Crippen LogP contribution in [-0.4, -0.2) is 37.2 Å². The summed E-state index contributed by atoms with van der Waals surface area (Å²) in [6.07, 6.45) is 1.58. The number of hydrogen-bond acceptors (Lipinski definition) is 8. The van der Waals surface area contributed by atoms with Gasteiger partial charge in [-0.15, -0.1) is 10.2 Å². The predicted octanol–water partition coefficient (Wildman–Crippen LogP) is 1.88. The molecule has 0 radical (unpaired) electrons. The van der Waals surface area contributed by atoms with Crippen LogP contribution in [0.3, 0.4) is 0 Å². The molecule has 1 aliphatic rings. The normalized spacial score (nSPS) is 16.9. The van der Waals surface area contributed by atoms with Crippen molar-refractivity contribution in [2.75, 3.05) is 16.8 Å². The van der Waals surface area contributed by atoms with Crippen molar-refractivity contribution in [3.8, 4) is 0 Å². The number of aryl methyl sites for hydroxylation is 1. The average Bonchev–Trinajstić information content (AvgIpc) is 2.98. The zero-order valence-electron chi connectivity index (χ0n) is 12.6. The van der Waals surface area contributed by atoms with Crippen LogP contribution in [0.5, 0.6) is 0 Å². The van der Waals surface area contributed by atoms with Crippen LogP contribution in [0.1, 0.15) is 12.5 Å². The number of hydrogen-bond donors (Lipinski definition) is 1.